The molecule has 162 valence electrons. The molecular weight excluding hydrogens is 396 g/mol. The zero-order chi connectivity index (χ0) is 22.1. The van der Waals surface area contributed by atoms with Gasteiger partial charge in [-0.1, -0.05) is 66.7 Å². The fourth-order valence-electron chi connectivity index (χ4n) is 4.84. The first-order chi connectivity index (χ1) is 15.6. The van der Waals surface area contributed by atoms with Gasteiger partial charge in [-0.25, -0.2) is 0 Å². The van der Waals surface area contributed by atoms with Gasteiger partial charge < -0.3 is 9.80 Å². The summed E-state index contributed by atoms with van der Waals surface area (Å²) in [7, 11) is 0. The summed E-state index contributed by atoms with van der Waals surface area (Å²) in [5.74, 6) is 0.414. The quantitative estimate of drug-likeness (QED) is 0.540. The molecule has 0 N–H and O–H groups in total. The third-order valence-electron chi connectivity index (χ3n) is 6.54. The van der Waals surface area contributed by atoms with Gasteiger partial charge in [-0.2, -0.15) is 0 Å². The molecule has 3 aromatic rings. The van der Waals surface area contributed by atoms with Crippen molar-refractivity contribution in [1.82, 2.24) is 0 Å². The van der Waals surface area contributed by atoms with Crippen LogP contribution in [0.15, 0.2) is 84.9 Å². The molecule has 1 heterocycles. The molecule has 3 aromatic carbocycles. The Bertz CT molecular complexity index is 1110. The minimum atomic E-state index is -0.0857. The minimum absolute atomic E-state index is 0.00988. The van der Waals surface area contributed by atoms with Crippen molar-refractivity contribution in [3.8, 4) is 0 Å². The van der Waals surface area contributed by atoms with Crippen LogP contribution in [0.3, 0.4) is 0 Å². The maximum absolute atomic E-state index is 13.4. The first-order valence-corrected chi connectivity index (χ1v) is 11.5. The van der Waals surface area contributed by atoms with Crippen LogP contribution in [-0.2, 0) is 16.0 Å². The number of hydrogen-bond donors (Lipinski definition) is 0. The zero-order valence-electron chi connectivity index (χ0n) is 18.4. The SMILES string of the molecule is C[C@H]1C[C@@H](N(C(=O)C2CC2)c2ccccc2)c2ccccc2N1C(=O)Cc1ccccc1. The summed E-state index contributed by atoms with van der Waals surface area (Å²) >= 11 is 0. The van der Waals surface area contributed by atoms with Crippen molar-refractivity contribution < 1.29 is 9.59 Å². The van der Waals surface area contributed by atoms with Crippen LogP contribution in [0.25, 0.3) is 0 Å². The molecule has 0 aromatic heterocycles. The molecule has 5 rings (SSSR count). The van der Waals surface area contributed by atoms with Crippen molar-refractivity contribution in [3.05, 3.63) is 96.1 Å². The van der Waals surface area contributed by atoms with Gasteiger partial charge in [0.2, 0.25) is 11.8 Å². The van der Waals surface area contributed by atoms with Gasteiger partial charge in [-0.15, -0.1) is 0 Å². The van der Waals surface area contributed by atoms with Gasteiger partial charge in [0.25, 0.3) is 0 Å². The highest BCUT2D eigenvalue weighted by Gasteiger charge is 2.42. The normalized spacial score (nSPS) is 19.8. The lowest BCUT2D eigenvalue weighted by molar-refractivity contribution is -0.120. The first kappa shape index (κ1) is 20.5. The molecule has 0 radical (unpaired) electrons. The number of amides is 2. The highest BCUT2D eigenvalue weighted by molar-refractivity contribution is 6.00. The molecule has 0 unspecified atom stereocenters. The smallest absolute Gasteiger partial charge is 0.231 e. The molecule has 1 aliphatic carbocycles. The van der Waals surface area contributed by atoms with E-state index in [4.69, 9.17) is 0 Å². The average molecular weight is 425 g/mol. The summed E-state index contributed by atoms with van der Waals surface area (Å²) in [6.45, 7) is 2.09. The molecular formula is C28H28N2O2. The Morgan fingerprint density at radius 3 is 2.19 bits per heavy atom. The third kappa shape index (κ3) is 3.93. The third-order valence-corrected chi connectivity index (χ3v) is 6.54. The standard InChI is InChI=1S/C28H28N2O2/c1-20-18-26(30(28(32)22-16-17-22)23-12-6-3-7-13-23)24-14-8-9-15-25(24)29(20)27(31)19-21-10-4-2-5-11-21/h2-15,20,22,26H,16-19H2,1H3/t20-,26+/m0/s1. The number of anilines is 2. The van der Waals surface area contributed by atoms with Gasteiger partial charge >= 0.3 is 0 Å². The fourth-order valence-corrected chi connectivity index (χ4v) is 4.84. The number of fused-ring (bicyclic) bond motifs is 1. The molecule has 4 nitrogen and oxygen atoms in total. The molecule has 2 aliphatic rings. The Hall–Kier alpha value is -3.40. The predicted molar refractivity (Wildman–Crippen MR) is 128 cm³/mol. The van der Waals surface area contributed by atoms with Crippen molar-refractivity contribution in [1.29, 1.82) is 0 Å². The summed E-state index contributed by atoms with van der Waals surface area (Å²) < 4.78 is 0. The zero-order valence-corrected chi connectivity index (χ0v) is 18.4. The number of carbonyl (C=O) groups is 2. The van der Waals surface area contributed by atoms with E-state index in [9.17, 15) is 9.59 Å². The number of hydrogen-bond acceptors (Lipinski definition) is 2. The largest absolute Gasteiger partial charge is 0.309 e. The Balaban J connectivity index is 1.52. The van der Waals surface area contributed by atoms with Crippen molar-refractivity contribution in [2.24, 2.45) is 5.92 Å². The van der Waals surface area contributed by atoms with Crippen LogP contribution in [0, 0.1) is 5.92 Å². The van der Waals surface area contributed by atoms with Crippen LogP contribution in [-0.4, -0.2) is 17.9 Å². The van der Waals surface area contributed by atoms with Gasteiger partial charge in [0.15, 0.2) is 0 Å². The molecule has 32 heavy (non-hydrogen) atoms. The maximum atomic E-state index is 13.4. The number of para-hydroxylation sites is 2. The van der Waals surface area contributed by atoms with E-state index in [2.05, 4.69) is 13.0 Å². The van der Waals surface area contributed by atoms with Crippen molar-refractivity contribution in [2.45, 2.75) is 44.7 Å². The fraction of sp³-hybridized carbons (Fsp3) is 0.286. The van der Waals surface area contributed by atoms with Crippen LogP contribution in [0.4, 0.5) is 11.4 Å². The van der Waals surface area contributed by atoms with Crippen LogP contribution in [0.5, 0.6) is 0 Å². The monoisotopic (exact) mass is 424 g/mol. The molecule has 4 heteroatoms. The minimum Gasteiger partial charge on any atom is -0.309 e. The summed E-state index contributed by atoms with van der Waals surface area (Å²) in [6.07, 6.45) is 3.01. The Kier molecular flexibility index (Phi) is 5.52. The van der Waals surface area contributed by atoms with E-state index in [1.165, 1.54) is 0 Å². The maximum Gasteiger partial charge on any atom is 0.231 e. The van der Waals surface area contributed by atoms with Crippen LogP contribution < -0.4 is 9.80 Å². The Labute approximate surface area is 189 Å². The number of benzene rings is 3. The van der Waals surface area contributed by atoms with Crippen molar-refractivity contribution in [3.63, 3.8) is 0 Å². The van der Waals surface area contributed by atoms with E-state index in [1.807, 2.05) is 88.7 Å². The lowest BCUT2D eigenvalue weighted by atomic mass is 9.89. The van der Waals surface area contributed by atoms with Crippen LogP contribution >= 0.6 is 0 Å². The van der Waals surface area contributed by atoms with E-state index in [-0.39, 0.29) is 29.8 Å². The summed E-state index contributed by atoms with van der Waals surface area (Å²) in [5.41, 5.74) is 3.91. The number of carbonyl (C=O) groups excluding carboxylic acids is 2. The molecule has 1 aliphatic heterocycles. The lowest BCUT2D eigenvalue weighted by Crippen LogP contribution is -2.48. The van der Waals surface area contributed by atoms with E-state index >= 15 is 0 Å². The summed E-state index contributed by atoms with van der Waals surface area (Å²) in [4.78, 5) is 30.7. The molecule has 1 saturated carbocycles. The Morgan fingerprint density at radius 2 is 1.50 bits per heavy atom. The second-order valence-electron chi connectivity index (χ2n) is 8.90. The topological polar surface area (TPSA) is 40.6 Å². The molecule has 0 bridgehead atoms. The van der Waals surface area contributed by atoms with Gasteiger partial charge in [0.1, 0.15) is 0 Å². The molecule has 0 saturated heterocycles. The molecule has 2 amide bonds. The predicted octanol–water partition coefficient (Wildman–Crippen LogP) is 5.54. The van der Waals surface area contributed by atoms with Crippen molar-refractivity contribution in [2.75, 3.05) is 9.80 Å². The van der Waals surface area contributed by atoms with Crippen LogP contribution in [0.2, 0.25) is 0 Å². The van der Waals surface area contributed by atoms with E-state index in [0.29, 0.717) is 12.8 Å². The van der Waals surface area contributed by atoms with E-state index in [0.717, 1.165) is 35.3 Å². The highest BCUT2D eigenvalue weighted by atomic mass is 16.2. The first-order valence-electron chi connectivity index (χ1n) is 11.5. The Morgan fingerprint density at radius 1 is 0.875 bits per heavy atom. The van der Waals surface area contributed by atoms with E-state index in [1.54, 1.807) is 0 Å². The summed E-state index contributed by atoms with van der Waals surface area (Å²) in [5, 5.41) is 0. The average Bonchev–Trinajstić information content (AvgIpc) is 3.66. The lowest BCUT2D eigenvalue weighted by Gasteiger charge is -2.43. The van der Waals surface area contributed by atoms with Crippen LogP contribution in [0.1, 0.15) is 43.4 Å². The van der Waals surface area contributed by atoms with Gasteiger partial charge in [-0.3, -0.25) is 9.59 Å². The molecule has 0 spiro atoms. The van der Waals surface area contributed by atoms with Gasteiger partial charge in [-0.05, 0) is 55.5 Å². The van der Waals surface area contributed by atoms with Gasteiger partial charge in [0, 0.05) is 23.3 Å². The number of rotatable bonds is 5. The molecule has 2 atom stereocenters. The second kappa shape index (κ2) is 8.62. The van der Waals surface area contributed by atoms with E-state index < -0.39 is 0 Å². The number of nitrogens with zero attached hydrogens (tertiary/aromatic N) is 2. The van der Waals surface area contributed by atoms with Crippen molar-refractivity contribution >= 4 is 23.2 Å². The second-order valence-corrected chi connectivity index (χ2v) is 8.90. The molecule has 1 fully saturated rings. The summed E-state index contributed by atoms with van der Waals surface area (Å²) in [6, 6.07) is 27.8. The highest BCUT2D eigenvalue weighted by Crippen LogP contribution is 2.44. The van der Waals surface area contributed by atoms with Gasteiger partial charge in [0.05, 0.1) is 12.5 Å².